The third kappa shape index (κ3) is 60.3. The number of carbonyl (C=O) groups is 1. The molecule has 5 nitrogen and oxygen atoms in total. The highest BCUT2D eigenvalue weighted by atomic mass is 16.3. The molecule has 0 saturated heterocycles. The largest absolute Gasteiger partial charge is 0.394 e. The molecule has 0 spiro atoms. The van der Waals surface area contributed by atoms with E-state index in [4.69, 9.17) is 0 Å². The van der Waals surface area contributed by atoms with Crippen LogP contribution in [0.2, 0.25) is 0 Å². The molecule has 0 aliphatic rings. The lowest BCUT2D eigenvalue weighted by atomic mass is 10.0. The Bertz CT molecular complexity index is 1060. The Balaban J connectivity index is 3.43. The Morgan fingerprint density at radius 3 is 0.784 bits per heavy atom. The van der Waals surface area contributed by atoms with Crippen LogP contribution in [0.25, 0.3) is 0 Å². The smallest absolute Gasteiger partial charge is 0.222 e. The zero-order valence-corrected chi connectivity index (χ0v) is 50.8. The average Bonchev–Trinajstić information content (AvgIpc) is 3.40. The maximum Gasteiger partial charge on any atom is 0.222 e. The molecule has 3 unspecified atom stereocenters. The van der Waals surface area contributed by atoms with Crippen molar-refractivity contribution in [3.8, 4) is 0 Å². The number of allylic oxidation sites excluding steroid dienone is 2. The highest BCUT2D eigenvalue weighted by Crippen LogP contribution is 2.20. The number of unbranched alkanes of at least 4 members (excludes halogenated alkanes) is 54. The van der Waals surface area contributed by atoms with Crippen LogP contribution in [-0.4, -0.2) is 46.1 Å². The van der Waals surface area contributed by atoms with Crippen LogP contribution in [0, 0.1) is 0 Å². The van der Waals surface area contributed by atoms with Crippen LogP contribution in [-0.2, 0) is 4.79 Å². The van der Waals surface area contributed by atoms with Gasteiger partial charge in [0.25, 0.3) is 0 Å². The van der Waals surface area contributed by atoms with Gasteiger partial charge in [-0.3, -0.25) is 4.79 Å². The minimum Gasteiger partial charge on any atom is -0.394 e. The van der Waals surface area contributed by atoms with Gasteiger partial charge in [-0.25, -0.2) is 0 Å². The second kappa shape index (κ2) is 64.6. The topological polar surface area (TPSA) is 89.8 Å². The van der Waals surface area contributed by atoms with Crippen LogP contribution in [0.4, 0.5) is 0 Å². The second-order valence-electron chi connectivity index (χ2n) is 24.1. The van der Waals surface area contributed by atoms with Gasteiger partial charge in [-0.15, -0.1) is 0 Å². The summed E-state index contributed by atoms with van der Waals surface area (Å²) in [4.78, 5) is 12.6. The maximum absolute atomic E-state index is 12.6. The summed E-state index contributed by atoms with van der Waals surface area (Å²) < 4.78 is 0. The molecule has 4 N–H and O–H groups in total. The number of aliphatic hydroxyl groups is 3. The monoisotopic (exact) mass is 1040 g/mol. The van der Waals surface area contributed by atoms with Gasteiger partial charge in [0.2, 0.25) is 5.91 Å². The fourth-order valence-electron chi connectivity index (χ4n) is 11.3. The summed E-state index contributed by atoms with van der Waals surface area (Å²) in [6, 6.07) is -0.657. The number of hydrogen-bond acceptors (Lipinski definition) is 4. The van der Waals surface area contributed by atoms with Gasteiger partial charge in [0.1, 0.15) is 0 Å². The van der Waals surface area contributed by atoms with Gasteiger partial charge in [-0.05, 0) is 38.5 Å². The zero-order valence-electron chi connectivity index (χ0n) is 50.8. The summed E-state index contributed by atoms with van der Waals surface area (Å²) in [5.74, 6) is -0.274. The summed E-state index contributed by atoms with van der Waals surface area (Å²) in [5, 5.41) is 33.8. The Kier molecular flexibility index (Phi) is 63.8. The molecule has 0 aliphatic heterocycles. The summed E-state index contributed by atoms with van der Waals surface area (Å²) >= 11 is 0. The molecule has 0 aromatic carbocycles. The molecule has 0 bridgehead atoms. The third-order valence-corrected chi connectivity index (χ3v) is 16.6. The fraction of sp³-hybridized carbons (Fsp3) is 0.957. The highest BCUT2D eigenvalue weighted by Gasteiger charge is 2.21. The Hall–Kier alpha value is -0.910. The van der Waals surface area contributed by atoms with Crippen LogP contribution in [0.1, 0.15) is 399 Å². The molecular formula is C69H137NO4. The van der Waals surface area contributed by atoms with Gasteiger partial charge in [0.05, 0.1) is 31.3 Å². The number of carbonyl (C=O) groups excluding carboxylic acids is 1. The predicted octanol–water partition coefficient (Wildman–Crippen LogP) is 22.2. The van der Waals surface area contributed by atoms with Crippen LogP contribution in [0.15, 0.2) is 12.2 Å². The van der Waals surface area contributed by atoms with E-state index < -0.39 is 18.2 Å². The lowest BCUT2D eigenvalue weighted by Crippen LogP contribution is -2.46. The van der Waals surface area contributed by atoms with E-state index in [2.05, 4.69) is 31.3 Å². The van der Waals surface area contributed by atoms with Crippen LogP contribution < -0.4 is 5.32 Å². The van der Waals surface area contributed by atoms with E-state index in [1.165, 1.54) is 340 Å². The molecule has 0 aromatic rings. The van der Waals surface area contributed by atoms with E-state index in [9.17, 15) is 20.1 Å². The van der Waals surface area contributed by atoms with Crippen LogP contribution in [0.5, 0.6) is 0 Å². The first-order valence-corrected chi connectivity index (χ1v) is 34.5. The summed E-state index contributed by atoms with van der Waals surface area (Å²) in [6.45, 7) is 4.32. The first kappa shape index (κ1) is 73.1. The third-order valence-electron chi connectivity index (χ3n) is 16.6. The average molecular weight is 1040 g/mol. The standard InChI is InChI=1S/C69H137NO4/c1-3-5-7-9-11-13-15-17-19-21-23-25-27-28-29-30-31-32-33-34-35-36-37-38-39-40-41-42-44-46-48-50-52-54-56-58-60-62-66(72)64-69(74)70-67(65-71)68(73)63-61-59-57-55-53-51-49-47-45-43-26-24-22-20-18-16-14-12-10-8-6-4-2/h34-35,66-68,71-73H,3-33,36-65H2,1-2H3,(H,70,74)/b35-34-. The minimum absolute atomic E-state index is 0.0416. The summed E-state index contributed by atoms with van der Waals surface area (Å²) in [6.07, 6.45) is 82.9. The van der Waals surface area contributed by atoms with Crippen LogP contribution in [0.3, 0.4) is 0 Å². The molecule has 1 amide bonds. The molecule has 0 saturated carbocycles. The van der Waals surface area contributed by atoms with E-state index in [0.29, 0.717) is 12.8 Å². The Morgan fingerprint density at radius 2 is 0.541 bits per heavy atom. The van der Waals surface area contributed by atoms with E-state index >= 15 is 0 Å². The molecule has 0 fully saturated rings. The molecule has 0 aromatic heterocycles. The molecule has 442 valence electrons. The summed E-state index contributed by atoms with van der Waals surface area (Å²) in [7, 11) is 0. The first-order chi connectivity index (χ1) is 36.5. The van der Waals surface area contributed by atoms with Crippen LogP contribution >= 0.6 is 0 Å². The lowest BCUT2D eigenvalue weighted by molar-refractivity contribution is -0.125. The predicted molar refractivity (Wildman–Crippen MR) is 329 cm³/mol. The highest BCUT2D eigenvalue weighted by molar-refractivity contribution is 5.76. The number of rotatable bonds is 65. The Labute approximate surface area is 465 Å². The quantitative estimate of drug-likeness (QED) is 0.0361. The van der Waals surface area contributed by atoms with E-state index in [1.807, 2.05) is 0 Å². The van der Waals surface area contributed by atoms with Gasteiger partial charge in [-0.2, -0.15) is 0 Å². The van der Waals surface area contributed by atoms with Crippen molar-refractivity contribution < 1.29 is 20.1 Å². The first-order valence-electron chi connectivity index (χ1n) is 34.5. The molecule has 0 radical (unpaired) electrons. The van der Waals surface area contributed by atoms with Crippen molar-refractivity contribution in [2.45, 2.75) is 417 Å². The molecule has 0 heterocycles. The number of aliphatic hydroxyl groups excluding tert-OH is 3. The molecular weight excluding hydrogens is 907 g/mol. The second-order valence-corrected chi connectivity index (χ2v) is 24.1. The number of nitrogens with one attached hydrogen (secondary N) is 1. The van der Waals surface area contributed by atoms with E-state index in [-0.39, 0.29) is 18.9 Å². The molecule has 5 heteroatoms. The van der Waals surface area contributed by atoms with Gasteiger partial charge in [-0.1, -0.05) is 366 Å². The molecule has 0 rings (SSSR count). The summed E-state index contributed by atoms with van der Waals surface area (Å²) in [5.41, 5.74) is 0. The molecule has 3 atom stereocenters. The van der Waals surface area contributed by atoms with Gasteiger partial charge in [0.15, 0.2) is 0 Å². The SMILES string of the molecule is CCCCCCCCCCCCCCCCCCCC/C=C\CCCCCCCCCCCCCCCCCC(O)CC(=O)NC(CO)C(O)CCCCCCCCCCCCCCCCCCCCCCCC. The van der Waals surface area contributed by atoms with Crippen molar-refractivity contribution >= 4 is 5.91 Å². The van der Waals surface area contributed by atoms with Crippen molar-refractivity contribution in [3.05, 3.63) is 12.2 Å². The minimum atomic E-state index is -0.748. The maximum atomic E-state index is 12.6. The zero-order chi connectivity index (χ0) is 53.6. The van der Waals surface area contributed by atoms with Crippen molar-refractivity contribution in [2.75, 3.05) is 6.61 Å². The van der Waals surface area contributed by atoms with Gasteiger partial charge in [0, 0.05) is 0 Å². The van der Waals surface area contributed by atoms with Gasteiger partial charge >= 0.3 is 0 Å². The number of amides is 1. The van der Waals surface area contributed by atoms with E-state index in [0.717, 1.165) is 25.7 Å². The number of hydrogen-bond donors (Lipinski definition) is 4. The van der Waals surface area contributed by atoms with Crippen molar-refractivity contribution in [1.29, 1.82) is 0 Å². The molecule has 74 heavy (non-hydrogen) atoms. The van der Waals surface area contributed by atoms with Crippen molar-refractivity contribution in [1.82, 2.24) is 5.32 Å². The fourth-order valence-corrected chi connectivity index (χ4v) is 11.3. The van der Waals surface area contributed by atoms with Crippen molar-refractivity contribution in [3.63, 3.8) is 0 Å². The Morgan fingerprint density at radius 1 is 0.324 bits per heavy atom. The lowest BCUT2D eigenvalue weighted by Gasteiger charge is -2.23. The normalized spacial score (nSPS) is 13.1. The van der Waals surface area contributed by atoms with E-state index in [1.54, 1.807) is 0 Å². The van der Waals surface area contributed by atoms with Gasteiger partial charge < -0.3 is 20.6 Å². The van der Waals surface area contributed by atoms with Crippen molar-refractivity contribution in [2.24, 2.45) is 0 Å². The molecule has 0 aliphatic carbocycles.